The van der Waals surface area contributed by atoms with E-state index in [1.165, 1.54) is 14.2 Å². The minimum absolute atomic E-state index is 0.350. The van der Waals surface area contributed by atoms with Gasteiger partial charge >= 0.3 is 0 Å². The molecule has 1 atom stereocenters. The highest BCUT2D eigenvalue weighted by atomic mass is 35.5. The van der Waals surface area contributed by atoms with Crippen molar-refractivity contribution in [2.75, 3.05) is 14.2 Å². The van der Waals surface area contributed by atoms with Gasteiger partial charge in [-0.1, -0.05) is 23.2 Å². The van der Waals surface area contributed by atoms with E-state index >= 15 is 0 Å². The highest BCUT2D eigenvalue weighted by Crippen LogP contribution is 2.27. The zero-order valence-electron chi connectivity index (χ0n) is 10.7. The maximum absolute atomic E-state index is 10.4. The number of hydrogen-bond donors (Lipinski definition) is 1. The van der Waals surface area contributed by atoms with Crippen LogP contribution in [0.1, 0.15) is 18.9 Å². The second-order valence-electron chi connectivity index (χ2n) is 4.51. The lowest BCUT2D eigenvalue weighted by Gasteiger charge is -2.27. The minimum atomic E-state index is -0.981. The predicted molar refractivity (Wildman–Crippen MR) is 73.2 cm³/mol. The first-order chi connectivity index (χ1) is 8.38. The van der Waals surface area contributed by atoms with Gasteiger partial charge in [-0.2, -0.15) is 0 Å². The van der Waals surface area contributed by atoms with Crippen LogP contribution in [0.15, 0.2) is 18.2 Å². The first-order valence-electron chi connectivity index (χ1n) is 5.60. The molecule has 0 bridgehead atoms. The molecular formula is C13H18Cl2O3. The third-order valence-corrected chi connectivity index (χ3v) is 3.32. The number of rotatable bonds is 6. The zero-order chi connectivity index (χ0) is 13.8. The molecule has 0 aromatic heterocycles. The van der Waals surface area contributed by atoms with Gasteiger partial charge in [0.25, 0.3) is 0 Å². The van der Waals surface area contributed by atoms with E-state index in [1.54, 1.807) is 25.1 Å². The van der Waals surface area contributed by atoms with Gasteiger partial charge in [-0.25, -0.2) is 0 Å². The zero-order valence-corrected chi connectivity index (χ0v) is 12.3. The molecule has 1 unspecified atom stereocenters. The van der Waals surface area contributed by atoms with Crippen LogP contribution in [0.2, 0.25) is 10.0 Å². The Labute approximate surface area is 118 Å². The number of halogens is 2. The summed E-state index contributed by atoms with van der Waals surface area (Å²) in [5.74, 6) is 0. The Kier molecular flexibility index (Phi) is 5.89. The summed E-state index contributed by atoms with van der Waals surface area (Å²) in [5, 5.41) is 11.5. The Morgan fingerprint density at radius 1 is 1.28 bits per heavy atom. The standard InChI is InChI=1S/C13H18Cl2O3/c1-13(16,8-12(17-2)18-3)7-9-6-10(14)4-5-11(9)15/h4-6,12,16H,7-8H2,1-3H3. The molecule has 3 nitrogen and oxygen atoms in total. The maximum Gasteiger partial charge on any atom is 0.159 e. The van der Waals surface area contributed by atoms with Gasteiger partial charge in [-0.15, -0.1) is 0 Å². The van der Waals surface area contributed by atoms with Gasteiger partial charge in [0.2, 0.25) is 0 Å². The fraction of sp³-hybridized carbons (Fsp3) is 0.538. The van der Waals surface area contributed by atoms with Gasteiger partial charge in [0, 0.05) is 37.1 Å². The van der Waals surface area contributed by atoms with Crippen LogP contribution in [0.25, 0.3) is 0 Å². The van der Waals surface area contributed by atoms with Crippen molar-refractivity contribution in [1.29, 1.82) is 0 Å². The summed E-state index contributed by atoms with van der Waals surface area (Å²) in [7, 11) is 3.08. The normalized spacial score (nSPS) is 14.8. The fourth-order valence-corrected chi connectivity index (χ4v) is 2.16. The van der Waals surface area contributed by atoms with Crippen molar-refractivity contribution in [1.82, 2.24) is 0 Å². The van der Waals surface area contributed by atoms with Crippen LogP contribution < -0.4 is 0 Å². The molecule has 0 aliphatic rings. The number of ether oxygens (including phenoxy) is 2. The van der Waals surface area contributed by atoms with Crippen LogP contribution in [0.4, 0.5) is 0 Å². The number of methoxy groups -OCH3 is 2. The second-order valence-corrected chi connectivity index (χ2v) is 5.36. The number of hydrogen-bond acceptors (Lipinski definition) is 3. The van der Waals surface area contributed by atoms with E-state index < -0.39 is 11.9 Å². The molecule has 0 aliphatic heterocycles. The van der Waals surface area contributed by atoms with E-state index in [-0.39, 0.29) is 0 Å². The molecule has 0 amide bonds. The third-order valence-electron chi connectivity index (χ3n) is 2.71. The molecule has 18 heavy (non-hydrogen) atoms. The average Bonchev–Trinajstić information content (AvgIpc) is 2.30. The maximum atomic E-state index is 10.4. The van der Waals surface area contributed by atoms with Crippen LogP contribution >= 0.6 is 23.2 Å². The second kappa shape index (κ2) is 6.73. The molecule has 0 heterocycles. The quantitative estimate of drug-likeness (QED) is 0.818. The van der Waals surface area contributed by atoms with Gasteiger partial charge in [-0.05, 0) is 30.7 Å². The van der Waals surface area contributed by atoms with Crippen molar-refractivity contribution in [3.05, 3.63) is 33.8 Å². The van der Waals surface area contributed by atoms with Gasteiger partial charge in [-0.3, -0.25) is 0 Å². The number of aliphatic hydroxyl groups is 1. The lowest BCUT2D eigenvalue weighted by Crippen LogP contribution is -2.34. The molecule has 1 N–H and O–H groups in total. The lowest BCUT2D eigenvalue weighted by atomic mass is 9.93. The highest BCUT2D eigenvalue weighted by Gasteiger charge is 2.26. The summed E-state index contributed by atoms with van der Waals surface area (Å²) in [6, 6.07) is 5.20. The highest BCUT2D eigenvalue weighted by molar-refractivity contribution is 6.33. The SMILES string of the molecule is COC(CC(C)(O)Cc1cc(Cl)ccc1Cl)OC. The van der Waals surface area contributed by atoms with Gasteiger partial charge in [0.05, 0.1) is 5.60 Å². The first kappa shape index (κ1) is 15.7. The monoisotopic (exact) mass is 292 g/mol. The van der Waals surface area contributed by atoms with E-state index in [2.05, 4.69) is 0 Å². The largest absolute Gasteiger partial charge is 0.390 e. The Morgan fingerprint density at radius 3 is 2.44 bits per heavy atom. The topological polar surface area (TPSA) is 38.7 Å². The van der Waals surface area contributed by atoms with E-state index in [0.717, 1.165) is 5.56 Å². The summed E-state index contributed by atoms with van der Waals surface area (Å²) >= 11 is 12.0. The number of benzene rings is 1. The Morgan fingerprint density at radius 2 is 1.89 bits per heavy atom. The van der Waals surface area contributed by atoms with Gasteiger partial charge < -0.3 is 14.6 Å². The van der Waals surface area contributed by atoms with Crippen LogP contribution in [-0.4, -0.2) is 31.2 Å². The summed E-state index contributed by atoms with van der Waals surface area (Å²) < 4.78 is 10.2. The van der Waals surface area contributed by atoms with Crippen molar-refractivity contribution >= 4 is 23.2 Å². The fourth-order valence-electron chi connectivity index (χ4n) is 1.78. The van der Waals surface area contributed by atoms with E-state index in [9.17, 15) is 5.11 Å². The molecule has 0 fully saturated rings. The molecule has 0 spiro atoms. The summed E-state index contributed by atoms with van der Waals surface area (Å²) in [6.45, 7) is 1.72. The van der Waals surface area contributed by atoms with E-state index in [0.29, 0.717) is 22.9 Å². The molecule has 0 radical (unpaired) electrons. The van der Waals surface area contributed by atoms with Crippen molar-refractivity contribution < 1.29 is 14.6 Å². The molecular weight excluding hydrogens is 275 g/mol. The predicted octanol–water partition coefficient (Wildman–Crippen LogP) is 3.30. The Balaban J connectivity index is 2.78. The smallest absolute Gasteiger partial charge is 0.159 e. The Hall–Kier alpha value is -0.320. The van der Waals surface area contributed by atoms with Crippen molar-refractivity contribution in [2.45, 2.75) is 31.7 Å². The van der Waals surface area contributed by atoms with Crippen molar-refractivity contribution in [3.63, 3.8) is 0 Å². The van der Waals surface area contributed by atoms with Crippen LogP contribution in [-0.2, 0) is 15.9 Å². The van der Waals surface area contributed by atoms with E-state index in [4.69, 9.17) is 32.7 Å². The molecule has 1 aromatic carbocycles. The molecule has 5 heteroatoms. The van der Waals surface area contributed by atoms with Crippen LogP contribution in [0, 0.1) is 0 Å². The summed E-state index contributed by atoms with van der Waals surface area (Å²) in [6.07, 6.45) is 0.288. The summed E-state index contributed by atoms with van der Waals surface area (Å²) in [5.41, 5.74) is -0.175. The Bertz CT molecular complexity index is 390. The first-order valence-corrected chi connectivity index (χ1v) is 6.35. The summed E-state index contributed by atoms with van der Waals surface area (Å²) in [4.78, 5) is 0. The molecule has 0 aliphatic carbocycles. The van der Waals surface area contributed by atoms with E-state index in [1.807, 2.05) is 0 Å². The molecule has 1 rings (SSSR count). The molecule has 102 valence electrons. The molecule has 1 aromatic rings. The van der Waals surface area contributed by atoms with Crippen LogP contribution in [0.3, 0.4) is 0 Å². The van der Waals surface area contributed by atoms with Crippen LogP contribution in [0.5, 0.6) is 0 Å². The van der Waals surface area contributed by atoms with Gasteiger partial charge in [0.1, 0.15) is 0 Å². The van der Waals surface area contributed by atoms with Gasteiger partial charge in [0.15, 0.2) is 6.29 Å². The average molecular weight is 293 g/mol. The molecule has 0 saturated heterocycles. The molecule has 0 saturated carbocycles. The van der Waals surface area contributed by atoms with Crippen molar-refractivity contribution in [2.24, 2.45) is 0 Å². The lowest BCUT2D eigenvalue weighted by molar-refractivity contribution is -0.139. The third kappa shape index (κ3) is 4.75. The van der Waals surface area contributed by atoms with Crippen molar-refractivity contribution in [3.8, 4) is 0 Å². The minimum Gasteiger partial charge on any atom is -0.390 e.